The molecule has 6 nitrogen and oxygen atoms in total. The second-order valence-corrected chi connectivity index (χ2v) is 5.08. The Morgan fingerprint density at radius 2 is 1.67 bits per heavy atom. The summed E-state index contributed by atoms with van der Waals surface area (Å²) in [5, 5.41) is 16.1. The van der Waals surface area contributed by atoms with Crippen LogP contribution in [-0.4, -0.2) is 14.7 Å². The number of aromatic nitrogens is 2. The Kier molecular flexibility index (Phi) is 3.26. The quantitative estimate of drug-likeness (QED) is 0.528. The smallest absolute Gasteiger partial charge is 0.267 e. The van der Waals surface area contributed by atoms with E-state index in [0.29, 0.717) is 15.7 Å². The standard InChI is InChI=1S/C14H8BrN3O3/c15-13-11-3-1-2-4-12(11)14(19)17(16-13)9-5-7-10(8-6-9)18(20)21/h1-8H. The molecule has 0 fully saturated rings. The summed E-state index contributed by atoms with van der Waals surface area (Å²) in [4.78, 5) is 22.6. The number of nitro benzene ring substituents is 1. The summed E-state index contributed by atoms with van der Waals surface area (Å²) in [5.41, 5.74) is 0.159. The van der Waals surface area contributed by atoms with Crippen molar-refractivity contribution in [2.24, 2.45) is 0 Å². The van der Waals surface area contributed by atoms with E-state index in [1.165, 1.54) is 28.9 Å². The summed E-state index contributed by atoms with van der Waals surface area (Å²) in [6.07, 6.45) is 0. The third kappa shape index (κ3) is 2.31. The Morgan fingerprint density at radius 1 is 1.05 bits per heavy atom. The highest BCUT2D eigenvalue weighted by Gasteiger charge is 2.11. The number of nitro groups is 1. The van der Waals surface area contributed by atoms with Crippen molar-refractivity contribution < 1.29 is 4.92 Å². The maximum Gasteiger partial charge on any atom is 0.279 e. The van der Waals surface area contributed by atoms with Gasteiger partial charge in [-0.05, 0) is 34.1 Å². The number of hydrogen-bond acceptors (Lipinski definition) is 4. The summed E-state index contributed by atoms with van der Waals surface area (Å²) < 4.78 is 1.76. The first-order valence-electron chi connectivity index (χ1n) is 6.00. The molecule has 0 aliphatic heterocycles. The Morgan fingerprint density at radius 3 is 2.29 bits per heavy atom. The lowest BCUT2D eigenvalue weighted by atomic mass is 10.2. The Hall–Kier alpha value is -2.54. The van der Waals surface area contributed by atoms with Gasteiger partial charge in [0.2, 0.25) is 0 Å². The van der Waals surface area contributed by atoms with E-state index < -0.39 is 4.92 Å². The summed E-state index contributed by atoms with van der Waals surface area (Å²) >= 11 is 3.34. The average Bonchev–Trinajstić information content (AvgIpc) is 2.51. The number of halogens is 1. The molecule has 0 bridgehead atoms. The number of non-ortho nitro benzene ring substituents is 1. The molecule has 1 heterocycles. The second-order valence-electron chi connectivity index (χ2n) is 4.33. The summed E-state index contributed by atoms with van der Waals surface area (Å²) in [7, 11) is 0. The zero-order chi connectivity index (χ0) is 15.0. The van der Waals surface area contributed by atoms with E-state index >= 15 is 0 Å². The predicted molar refractivity (Wildman–Crippen MR) is 81.7 cm³/mol. The van der Waals surface area contributed by atoms with Gasteiger partial charge in [0.1, 0.15) is 4.60 Å². The molecule has 0 aliphatic rings. The molecule has 0 spiro atoms. The fourth-order valence-electron chi connectivity index (χ4n) is 2.04. The average molecular weight is 346 g/mol. The van der Waals surface area contributed by atoms with Gasteiger partial charge in [-0.25, -0.2) is 0 Å². The molecule has 0 unspecified atom stereocenters. The molecule has 1 aromatic heterocycles. The van der Waals surface area contributed by atoms with Gasteiger partial charge in [0, 0.05) is 17.5 Å². The number of hydrogen-bond donors (Lipinski definition) is 0. The molecule has 0 saturated heterocycles. The SMILES string of the molecule is O=c1c2ccccc2c(Br)nn1-c1ccc([N+](=O)[O-])cc1. The fourth-order valence-corrected chi connectivity index (χ4v) is 2.55. The van der Waals surface area contributed by atoms with Crippen LogP contribution in [0.5, 0.6) is 0 Å². The maximum atomic E-state index is 12.4. The molecule has 0 amide bonds. The minimum absolute atomic E-state index is 0.0355. The van der Waals surface area contributed by atoms with Gasteiger partial charge in [0.05, 0.1) is 16.0 Å². The van der Waals surface area contributed by atoms with E-state index in [1.807, 2.05) is 6.07 Å². The van der Waals surface area contributed by atoms with Crippen molar-refractivity contribution in [3.8, 4) is 5.69 Å². The Labute approximate surface area is 126 Å². The van der Waals surface area contributed by atoms with Crippen LogP contribution in [0.2, 0.25) is 0 Å². The largest absolute Gasteiger partial charge is 0.279 e. The highest BCUT2D eigenvalue weighted by Crippen LogP contribution is 2.20. The molecule has 0 radical (unpaired) electrons. The Balaban J connectivity index is 2.23. The van der Waals surface area contributed by atoms with Gasteiger partial charge in [0.25, 0.3) is 11.2 Å². The minimum atomic E-state index is -0.490. The van der Waals surface area contributed by atoms with Gasteiger partial charge in [-0.2, -0.15) is 9.78 Å². The van der Waals surface area contributed by atoms with Gasteiger partial charge in [-0.15, -0.1) is 0 Å². The van der Waals surface area contributed by atoms with Crippen LogP contribution in [0.4, 0.5) is 5.69 Å². The zero-order valence-electron chi connectivity index (χ0n) is 10.6. The van der Waals surface area contributed by atoms with Gasteiger partial charge in [-0.1, -0.05) is 18.2 Å². The van der Waals surface area contributed by atoms with E-state index in [9.17, 15) is 14.9 Å². The van der Waals surface area contributed by atoms with E-state index in [1.54, 1.807) is 18.2 Å². The third-order valence-corrected chi connectivity index (χ3v) is 3.65. The van der Waals surface area contributed by atoms with E-state index in [-0.39, 0.29) is 11.2 Å². The summed E-state index contributed by atoms with van der Waals surface area (Å²) in [5.74, 6) is 0. The highest BCUT2D eigenvalue weighted by atomic mass is 79.9. The molecular formula is C14H8BrN3O3. The van der Waals surface area contributed by atoms with Crippen LogP contribution in [0.25, 0.3) is 16.5 Å². The van der Waals surface area contributed by atoms with Crippen LogP contribution >= 0.6 is 15.9 Å². The van der Waals surface area contributed by atoms with Gasteiger partial charge < -0.3 is 0 Å². The molecule has 21 heavy (non-hydrogen) atoms. The van der Waals surface area contributed by atoms with Crippen molar-refractivity contribution in [3.63, 3.8) is 0 Å². The van der Waals surface area contributed by atoms with Crippen LogP contribution in [0.3, 0.4) is 0 Å². The maximum absolute atomic E-state index is 12.4. The first kappa shape index (κ1) is 13.4. The van der Waals surface area contributed by atoms with Crippen LogP contribution in [0.1, 0.15) is 0 Å². The molecule has 104 valence electrons. The lowest BCUT2D eigenvalue weighted by molar-refractivity contribution is -0.384. The van der Waals surface area contributed by atoms with Crippen LogP contribution in [0, 0.1) is 10.1 Å². The van der Waals surface area contributed by atoms with Crippen molar-refractivity contribution in [1.82, 2.24) is 9.78 Å². The monoisotopic (exact) mass is 345 g/mol. The van der Waals surface area contributed by atoms with Crippen molar-refractivity contribution in [2.75, 3.05) is 0 Å². The van der Waals surface area contributed by atoms with Crippen molar-refractivity contribution >= 4 is 32.4 Å². The molecule has 0 aliphatic carbocycles. The number of benzene rings is 2. The van der Waals surface area contributed by atoms with Gasteiger partial charge in [-0.3, -0.25) is 14.9 Å². The van der Waals surface area contributed by atoms with Crippen molar-refractivity contribution in [3.05, 3.63) is 73.6 Å². The van der Waals surface area contributed by atoms with E-state index in [2.05, 4.69) is 21.0 Å². The lowest BCUT2D eigenvalue weighted by Crippen LogP contribution is -2.21. The van der Waals surface area contributed by atoms with Crippen LogP contribution < -0.4 is 5.56 Å². The molecule has 3 rings (SSSR count). The first-order valence-corrected chi connectivity index (χ1v) is 6.79. The Bertz CT molecular complexity index is 903. The first-order chi connectivity index (χ1) is 10.1. The van der Waals surface area contributed by atoms with Gasteiger partial charge in [0.15, 0.2) is 0 Å². The van der Waals surface area contributed by atoms with E-state index in [4.69, 9.17) is 0 Å². The minimum Gasteiger partial charge on any atom is -0.267 e. The number of fused-ring (bicyclic) bond motifs is 1. The molecule has 7 heteroatoms. The third-order valence-electron chi connectivity index (χ3n) is 3.06. The topological polar surface area (TPSA) is 78.0 Å². The molecule has 0 saturated carbocycles. The molecule has 3 aromatic rings. The highest BCUT2D eigenvalue weighted by molar-refractivity contribution is 9.10. The van der Waals surface area contributed by atoms with Gasteiger partial charge >= 0.3 is 0 Å². The second kappa shape index (κ2) is 5.10. The molecule has 0 atom stereocenters. The number of rotatable bonds is 2. The zero-order valence-corrected chi connectivity index (χ0v) is 12.1. The lowest BCUT2D eigenvalue weighted by Gasteiger charge is -2.07. The normalized spacial score (nSPS) is 10.7. The predicted octanol–water partition coefficient (Wildman–Crippen LogP) is 3.06. The number of nitrogens with zero attached hydrogens (tertiary/aromatic N) is 3. The van der Waals surface area contributed by atoms with Crippen molar-refractivity contribution in [2.45, 2.75) is 0 Å². The van der Waals surface area contributed by atoms with Crippen molar-refractivity contribution in [1.29, 1.82) is 0 Å². The summed E-state index contributed by atoms with van der Waals surface area (Å²) in [6, 6.07) is 12.8. The molecular weight excluding hydrogens is 338 g/mol. The van der Waals surface area contributed by atoms with Crippen LogP contribution in [0.15, 0.2) is 57.9 Å². The van der Waals surface area contributed by atoms with E-state index in [0.717, 1.165) is 5.39 Å². The summed E-state index contributed by atoms with van der Waals surface area (Å²) in [6.45, 7) is 0. The molecule has 2 aromatic carbocycles. The molecule has 0 N–H and O–H groups in total. The fraction of sp³-hybridized carbons (Fsp3) is 0. The van der Waals surface area contributed by atoms with Crippen LogP contribution in [-0.2, 0) is 0 Å².